The first kappa shape index (κ1) is 35.3. The maximum atomic E-state index is 12.3. The van der Waals surface area contributed by atoms with Crippen LogP contribution in [0.5, 0.6) is 0 Å². The van der Waals surface area contributed by atoms with Gasteiger partial charge < -0.3 is 39.1 Å². The van der Waals surface area contributed by atoms with E-state index >= 15 is 0 Å². The number of nitrogens with one attached hydrogen (secondary N) is 1. The summed E-state index contributed by atoms with van der Waals surface area (Å²) < 4.78 is 63.4. The monoisotopic (exact) mass is 659 g/mol. The van der Waals surface area contributed by atoms with Crippen molar-refractivity contribution >= 4 is 57.3 Å². The molecule has 4 unspecified atom stereocenters. The van der Waals surface area contributed by atoms with Crippen molar-refractivity contribution in [3.05, 3.63) is 12.2 Å². The number of phosphoric acid groups is 3. The summed E-state index contributed by atoms with van der Waals surface area (Å²) in [6, 6.07) is -0.282. The molecule has 6 atom stereocenters. The number of alkyl carbamates (subject to hydrolysis) is 1. The minimum Gasteiger partial charge on any atom is -0.446 e. The Morgan fingerprint density at radius 3 is 2.49 bits per heavy atom. The molecule has 0 aromatic carbocycles. The molecule has 39 heavy (non-hydrogen) atoms. The van der Waals surface area contributed by atoms with E-state index < -0.39 is 57.4 Å². The molecule has 0 aromatic heterocycles. The molecular weight excluding hydrogens is 622 g/mol. The third-order valence-corrected chi connectivity index (χ3v) is 13.5. The van der Waals surface area contributed by atoms with E-state index in [4.69, 9.17) is 24.0 Å². The fraction of sp³-hybridized carbons (Fsp3) is 0.833. The number of phosphoric ester groups is 1. The highest BCUT2D eigenvalue weighted by Gasteiger charge is 2.42. The average Bonchev–Trinajstić information content (AvgIpc) is 3.09. The molecule has 21 heteroatoms. The van der Waals surface area contributed by atoms with Crippen LogP contribution in [0.25, 0.3) is 0 Å². The summed E-state index contributed by atoms with van der Waals surface area (Å²) in [6.07, 6.45) is 11.2. The van der Waals surface area contributed by atoms with E-state index in [0.717, 1.165) is 32.1 Å². The lowest BCUT2D eigenvalue weighted by atomic mass is 9.96. The molecule has 2 aliphatic rings. The standard InChI is InChI=1S/C18H37BNO14P3S2/c1-39(2,12-20-18(21)31-14-8-6-4-3-5-7-9-14)38-13-29-15-10-17(19)32-16(15)11-30-36(25,26)34-37(27,28)33-35(22,23)24/h3-4,14-17H,5-13,19H2,1-2H3,(H,20,21)(H,25,26)(H,27,28)(H2,22,23,24)/b4-3+/t14?,15?,16-,17-/m1/s1. The van der Waals surface area contributed by atoms with Gasteiger partial charge in [0.25, 0.3) is 0 Å². The number of rotatable bonds is 14. The average molecular weight is 659 g/mol. The van der Waals surface area contributed by atoms with E-state index in [2.05, 4.69) is 30.6 Å². The van der Waals surface area contributed by atoms with Crippen molar-refractivity contribution < 1.29 is 65.4 Å². The fourth-order valence-electron chi connectivity index (χ4n) is 3.67. The largest absolute Gasteiger partial charge is 0.490 e. The molecule has 0 saturated carbocycles. The molecule has 1 aliphatic carbocycles. The van der Waals surface area contributed by atoms with Gasteiger partial charge >= 0.3 is 29.6 Å². The Morgan fingerprint density at radius 1 is 1.10 bits per heavy atom. The summed E-state index contributed by atoms with van der Waals surface area (Å²) in [5.41, 5.74) is 0. The summed E-state index contributed by atoms with van der Waals surface area (Å²) in [4.78, 5) is 48.4. The number of ether oxygens (including phenoxy) is 3. The Bertz CT molecular complexity index is 985. The van der Waals surface area contributed by atoms with Crippen LogP contribution in [0, 0.1) is 0 Å². The van der Waals surface area contributed by atoms with Crippen LogP contribution >= 0.6 is 43.3 Å². The molecular formula is C18H37BNO14P3S2. The summed E-state index contributed by atoms with van der Waals surface area (Å²) in [7, 11) is -14.5. The zero-order chi connectivity index (χ0) is 29.3. The Kier molecular flexibility index (Phi) is 14.1. The lowest BCUT2D eigenvalue weighted by Crippen LogP contribution is -2.31. The molecule has 1 saturated heterocycles. The number of carbonyl (C=O) groups is 1. The molecule has 0 spiro atoms. The van der Waals surface area contributed by atoms with E-state index in [9.17, 15) is 28.3 Å². The first-order valence-electron chi connectivity index (χ1n) is 12.0. The molecule has 1 fully saturated rings. The van der Waals surface area contributed by atoms with E-state index in [-0.39, 0.29) is 18.0 Å². The number of hydrogen-bond acceptors (Lipinski definition) is 11. The summed E-state index contributed by atoms with van der Waals surface area (Å²) in [5, 5.41) is 2.83. The minimum atomic E-state index is -5.60. The van der Waals surface area contributed by atoms with Gasteiger partial charge in [-0.25, -0.2) is 18.5 Å². The Balaban J connectivity index is 1.76. The van der Waals surface area contributed by atoms with Crippen LogP contribution in [0.2, 0.25) is 0 Å². The predicted molar refractivity (Wildman–Crippen MR) is 149 cm³/mol. The van der Waals surface area contributed by atoms with Crippen molar-refractivity contribution in [3.63, 3.8) is 0 Å². The van der Waals surface area contributed by atoms with Crippen molar-refractivity contribution in [2.45, 2.75) is 62.8 Å². The molecule has 5 N–H and O–H groups in total. The smallest absolute Gasteiger partial charge is 0.446 e. The molecule has 0 radical (unpaired) electrons. The van der Waals surface area contributed by atoms with Crippen LogP contribution in [0.1, 0.15) is 38.5 Å². The molecule has 1 heterocycles. The van der Waals surface area contributed by atoms with Gasteiger partial charge in [0.15, 0.2) is 0 Å². The first-order valence-corrected chi connectivity index (χ1v) is 20.6. The maximum Gasteiger partial charge on any atom is 0.490 e. The second kappa shape index (κ2) is 15.5. The van der Waals surface area contributed by atoms with Crippen LogP contribution in [0.15, 0.2) is 12.2 Å². The normalized spacial score (nSPS) is 28.9. The molecule has 0 aromatic rings. The van der Waals surface area contributed by atoms with Gasteiger partial charge in [-0.3, -0.25) is 4.52 Å². The number of amides is 1. The summed E-state index contributed by atoms with van der Waals surface area (Å²) in [5.74, 6) is 0.625. The van der Waals surface area contributed by atoms with Crippen molar-refractivity contribution in [3.8, 4) is 0 Å². The number of carbonyl (C=O) groups excluding carboxylic acids is 1. The zero-order valence-electron chi connectivity index (χ0n) is 21.9. The topological polar surface area (TPSA) is 217 Å². The van der Waals surface area contributed by atoms with Crippen molar-refractivity contribution in [2.75, 3.05) is 30.9 Å². The van der Waals surface area contributed by atoms with E-state index in [1.807, 2.05) is 12.5 Å². The van der Waals surface area contributed by atoms with Gasteiger partial charge in [-0.15, -0.1) is 0 Å². The van der Waals surface area contributed by atoms with Gasteiger partial charge in [0, 0.05) is 6.00 Å². The van der Waals surface area contributed by atoms with E-state index in [1.54, 1.807) is 7.85 Å². The maximum absolute atomic E-state index is 12.3. The van der Waals surface area contributed by atoms with E-state index in [1.165, 1.54) is 10.8 Å². The molecule has 15 nitrogen and oxygen atoms in total. The van der Waals surface area contributed by atoms with Gasteiger partial charge in [0.05, 0.1) is 18.6 Å². The Morgan fingerprint density at radius 2 is 1.79 bits per heavy atom. The van der Waals surface area contributed by atoms with Crippen molar-refractivity contribution in [2.24, 2.45) is 0 Å². The Labute approximate surface area is 233 Å². The molecule has 0 bridgehead atoms. The van der Waals surface area contributed by atoms with Crippen LogP contribution in [0.3, 0.4) is 0 Å². The molecule has 1 amide bonds. The Hall–Kier alpha value is 0.105. The highest BCUT2D eigenvalue weighted by atomic mass is 33.2. The van der Waals surface area contributed by atoms with Gasteiger partial charge in [-0.1, -0.05) is 22.9 Å². The second-order valence-electron chi connectivity index (χ2n) is 9.31. The van der Waals surface area contributed by atoms with Gasteiger partial charge in [-0.05, 0) is 51.0 Å². The number of hydrogen-bond donors (Lipinski definition) is 5. The summed E-state index contributed by atoms with van der Waals surface area (Å²) in [6.45, 7) is -0.579. The molecule has 1 aliphatic heterocycles. The zero-order valence-corrected chi connectivity index (χ0v) is 26.2. The SMILES string of the molecule is B[C@H]1CC(OCSS(C)(C)CNC(=O)OC2CC/C=C/CCC2)[C@@H](COP(=O)(O)OP(=O)(O)OP(=O)(O)O)O1. The van der Waals surface area contributed by atoms with Crippen LogP contribution in [0.4, 0.5) is 4.79 Å². The lowest BCUT2D eigenvalue weighted by Gasteiger charge is -2.31. The minimum absolute atomic E-state index is 0.102. The fourth-order valence-corrected chi connectivity index (χ4v) is 9.11. The van der Waals surface area contributed by atoms with Crippen LogP contribution in [-0.4, -0.2) is 88.8 Å². The highest BCUT2D eigenvalue weighted by Crippen LogP contribution is 2.66. The highest BCUT2D eigenvalue weighted by molar-refractivity contribution is 8.93. The number of allylic oxidation sites excluding steroid dienone is 2. The van der Waals surface area contributed by atoms with Crippen molar-refractivity contribution in [1.29, 1.82) is 0 Å². The quantitative estimate of drug-likeness (QED) is 0.0596. The van der Waals surface area contributed by atoms with Gasteiger partial charge in [0.2, 0.25) is 0 Å². The van der Waals surface area contributed by atoms with Crippen LogP contribution in [-0.2, 0) is 41.1 Å². The summed E-state index contributed by atoms with van der Waals surface area (Å²) >= 11 is 0. The molecule has 228 valence electrons. The first-order chi connectivity index (χ1) is 18.0. The van der Waals surface area contributed by atoms with E-state index in [0.29, 0.717) is 12.3 Å². The third-order valence-electron chi connectivity index (χ3n) is 5.41. The third kappa shape index (κ3) is 15.2. The predicted octanol–water partition coefficient (Wildman–Crippen LogP) is 2.71. The van der Waals surface area contributed by atoms with Crippen molar-refractivity contribution in [1.82, 2.24) is 5.32 Å². The lowest BCUT2D eigenvalue weighted by molar-refractivity contribution is -0.0237. The van der Waals surface area contributed by atoms with Gasteiger partial charge in [-0.2, -0.15) is 17.7 Å². The van der Waals surface area contributed by atoms with Gasteiger partial charge in [0.1, 0.15) is 26.0 Å². The van der Waals surface area contributed by atoms with Crippen LogP contribution < -0.4 is 5.32 Å². The molecule has 2 rings (SSSR count). The second-order valence-corrected chi connectivity index (χ2v) is 20.8.